The number of imidazole rings is 1. The molecule has 0 aliphatic carbocycles. The maximum atomic E-state index is 13.9. The second-order valence-corrected chi connectivity index (χ2v) is 7.85. The summed E-state index contributed by atoms with van der Waals surface area (Å²) in [5, 5.41) is 6.61. The highest BCUT2D eigenvalue weighted by Crippen LogP contribution is 2.32. The number of hydrogen-bond donors (Lipinski definition) is 2. The molecule has 1 aromatic carbocycles. The smallest absolute Gasteiger partial charge is 0.229 e. The van der Waals surface area contributed by atoms with Crippen molar-refractivity contribution < 1.29 is 9.18 Å². The van der Waals surface area contributed by atoms with Crippen LogP contribution in [0.15, 0.2) is 49.1 Å². The van der Waals surface area contributed by atoms with E-state index in [1.807, 2.05) is 42.0 Å². The van der Waals surface area contributed by atoms with Gasteiger partial charge in [-0.1, -0.05) is 11.6 Å². The number of carbonyl (C=O) groups is 1. The molecule has 1 unspecified atom stereocenters. The number of hydrogen-bond acceptors (Lipinski definition) is 5. The van der Waals surface area contributed by atoms with Gasteiger partial charge in [-0.25, -0.2) is 19.3 Å². The second kappa shape index (κ2) is 8.39. The predicted molar refractivity (Wildman–Crippen MR) is 112 cm³/mol. The summed E-state index contributed by atoms with van der Waals surface area (Å²) in [7, 11) is 0. The number of aromatic nitrogens is 4. The molecule has 0 bridgehead atoms. The second-order valence-electron chi connectivity index (χ2n) is 7.42. The van der Waals surface area contributed by atoms with Crippen molar-refractivity contribution in [3.63, 3.8) is 0 Å². The van der Waals surface area contributed by atoms with Crippen LogP contribution >= 0.6 is 11.6 Å². The van der Waals surface area contributed by atoms with Crippen molar-refractivity contribution in [1.82, 2.24) is 24.8 Å². The van der Waals surface area contributed by atoms with Crippen molar-refractivity contribution >= 4 is 23.5 Å². The lowest BCUT2D eigenvalue weighted by molar-refractivity contribution is -0.121. The number of benzene rings is 1. The van der Waals surface area contributed by atoms with E-state index in [4.69, 9.17) is 11.6 Å². The number of halogens is 2. The molecule has 9 heteroatoms. The van der Waals surface area contributed by atoms with Gasteiger partial charge in [-0.2, -0.15) is 0 Å². The summed E-state index contributed by atoms with van der Waals surface area (Å²) in [5.74, 6) is -0.893. The fourth-order valence-corrected chi connectivity index (χ4v) is 3.75. The molecule has 2 aromatic heterocycles. The van der Waals surface area contributed by atoms with Gasteiger partial charge in [0, 0.05) is 35.6 Å². The van der Waals surface area contributed by atoms with Gasteiger partial charge in [0.15, 0.2) is 0 Å². The number of rotatable bonds is 6. The first-order chi connectivity index (χ1) is 14.4. The van der Waals surface area contributed by atoms with Crippen molar-refractivity contribution in [2.45, 2.75) is 32.0 Å². The first-order valence-corrected chi connectivity index (χ1v) is 10.1. The average Bonchev–Trinajstić information content (AvgIpc) is 3.36. The normalized spacial score (nSPS) is 20.6. The third-order valence-electron chi connectivity index (χ3n) is 5.32. The number of nitrogens with one attached hydrogen (secondary N) is 2. The third-order valence-corrected chi connectivity index (χ3v) is 5.58. The molecule has 30 heavy (non-hydrogen) atoms. The molecule has 1 amide bonds. The number of alkyl halides is 1. The fourth-order valence-electron chi connectivity index (χ4n) is 3.62. The first kappa shape index (κ1) is 20.3. The number of anilines is 1. The van der Waals surface area contributed by atoms with Crippen LogP contribution in [0, 0.1) is 5.92 Å². The Hall–Kier alpha value is -3.00. The Labute approximate surface area is 178 Å². The van der Waals surface area contributed by atoms with E-state index in [0.29, 0.717) is 23.2 Å². The predicted octanol–water partition coefficient (Wildman–Crippen LogP) is 3.68. The zero-order chi connectivity index (χ0) is 21.3. The minimum absolute atomic E-state index is 0.179. The summed E-state index contributed by atoms with van der Waals surface area (Å²) >= 11 is 5.95. The van der Waals surface area contributed by atoms with Crippen molar-refractivity contribution in [2.24, 2.45) is 5.92 Å². The standard InChI is InChI=1S/C21H22ClFN6O/c1-12(23)16-9-25-20(30)19(16)17-7-8-24-21(28-17)27-13(2)18-10-29(11-26-18)15-5-3-14(22)4-6-15/h3-8,10-13,16,19H,9H2,1-2H3,(H,25,30)(H,24,27,28)/t12-,13-,16?,19+/m0/s1. The van der Waals surface area contributed by atoms with Gasteiger partial charge in [0.1, 0.15) is 6.17 Å². The highest BCUT2D eigenvalue weighted by molar-refractivity contribution is 6.30. The Kier molecular flexibility index (Phi) is 5.67. The molecule has 3 heterocycles. The molecule has 1 aliphatic heterocycles. The molecule has 1 aliphatic rings. The van der Waals surface area contributed by atoms with Gasteiger partial charge in [0.05, 0.1) is 29.7 Å². The molecule has 4 atom stereocenters. The lowest BCUT2D eigenvalue weighted by Crippen LogP contribution is -2.23. The minimum Gasteiger partial charge on any atom is -0.355 e. The van der Waals surface area contributed by atoms with Crippen LogP contribution in [0.3, 0.4) is 0 Å². The largest absolute Gasteiger partial charge is 0.355 e. The summed E-state index contributed by atoms with van der Waals surface area (Å²) in [6.07, 6.45) is 4.10. The molecule has 156 valence electrons. The van der Waals surface area contributed by atoms with Crippen LogP contribution in [0.25, 0.3) is 5.69 Å². The van der Waals surface area contributed by atoms with Gasteiger partial charge in [0.2, 0.25) is 11.9 Å². The van der Waals surface area contributed by atoms with Crippen LogP contribution < -0.4 is 10.6 Å². The molecule has 2 N–H and O–H groups in total. The molecular weight excluding hydrogens is 407 g/mol. The zero-order valence-electron chi connectivity index (χ0n) is 16.6. The van der Waals surface area contributed by atoms with Gasteiger partial charge < -0.3 is 15.2 Å². The van der Waals surface area contributed by atoms with Gasteiger partial charge in [-0.3, -0.25) is 4.79 Å². The Balaban J connectivity index is 1.50. The lowest BCUT2D eigenvalue weighted by atomic mass is 9.89. The van der Waals surface area contributed by atoms with Gasteiger partial charge in [0.25, 0.3) is 0 Å². The van der Waals surface area contributed by atoms with Crippen LogP contribution in [0.4, 0.5) is 10.3 Å². The molecule has 0 radical (unpaired) electrons. The van der Waals surface area contributed by atoms with Crippen LogP contribution in [-0.2, 0) is 4.79 Å². The van der Waals surface area contributed by atoms with E-state index < -0.39 is 18.0 Å². The monoisotopic (exact) mass is 428 g/mol. The van der Waals surface area contributed by atoms with Crippen molar-refractivity contribution in [1.29, 1.82) is 0 Å². The maximum absolute atomic E-state index is 13.9. The molecule has 4 rings (SSSR count). The van der Waals surface area contributed by atoms with Crippen molar-refractivity contribution in [3.05, 3.63) is 65.5 Å². The molecule has 1 fully saturated rings. The van der Waals surface area contributed by atoms with Crippen LogP contribution in [0.2, 0.25) is 5.02 Å². The Morgan fingerprint density at radius 1 is 1.23 bits per heavy atom. The fraction of sp³-hybridized carbons (Fsp3) is 0.333. The van der Waals surface area contributed by atoms with Crippen LogP contribution in [0.5, 0.6) is 0 Å². The van der Waals surface area contributed by atoms with E-state index in [0.717, 1.165) is 11.4 Å². The maximum Gasteiger partial charge on any atom is 0.229 e. The van der Waals surface area contributed by atoms with E-state index in [9.17, 15) is 9.18 Å². The van der Waals surface area contributed by atoms with Crippen molar-refractivity contribution in [2.75, 3.05) is 11.9 Å². The van der Waals surface area contributed by atoms with E-state index in [1.54, 1.807) is 18.6 Å². The SMILES string of the molecule is C[C@H](Nc1nccc([C@@H]2C(=O)NCC2[C@H](C)F)n1)c1cn(-c2ccc(Cl)cc2)cn1. The van der Waals surface area contributed by atoms with E-state index >= 15 is 0 Å². The van der Waals surface area contributed by atoms with Gasteiger partial charge >= 0.3 is 0 Å². The zero-order valence-corrected chi connectivity index (χ0v) is 17.3. The lowest BCUT2D eigenvalue weighted by Gasteiger charge is -2.18. The van der Waals surface area contributed by atoms with Gasteiger partial charge in [-0.15, -0.1) is 0 Å². The Morgan fingerprint density at radius 3 is 2.73 bits per heavy atom. The minimum atomic E-state index is -1.11. The van der Waals surface area contributed by atoms with E-state index in [1.165, 1.54) is 6.92 Å². The van der Waals surface area contributed by atoms with Crippen molar-refractivity contribution in [3.8, 4) is 5.69 Å². The topological polar surface area (TPSA) is 84.7 Å². The molecule has 0 spiro atoms. The first-order valence-electron chi connectivity index (χ1n) is 9.73. The quantitative estimate of drug-likeness (QED) is 0.625. The number of carbonyl (C=O) groups excluding carboxylic acids is 1. The summed E-state index contributed by atoms with van der Waals surface area (Å²) in [6.45, 7) is 3.73. The molecule has 0 saturated carbocycles. The average molecular weight is 429 g/mol. The highest BCUT2D eigenvalue weighted by Gasteiger charge is 2.40. The molecule has 1 saturated heterocycles. The molecule has 7 nitrogen and oxygen atoms in total. The number of nitrogens with zero attached hydrogens (tertiary/aromatic N) is 4. The number of amides is 1. The summed E-state index contributed by atoms with van der Waals surface area (Å²) in [6, 6.07) is 8.95. The molecule has 3 aromatic rings. The van der Waals surface area contributed by atoms with Crippen LogP contribution in [0.1, 0.15) is 37.2 Å². The Morgan fingerprint density at radius 2 is 2.00 bits per heavy atom. The van der Waals surface area contributed by atoms with E-state index in [2.05, 4.69) is 25.6 Å². The third kappa shape index (κ3) is 4.14. The van der Waals surface area contributed by atoms with Gasteiger partial charge in [-0.05, 0) is 44.2 Å². The summed E-state index contributed by atoms with van der Waals surface area (Å²) < 4.78 is 15.8. The summed E-state index contributed by atoms with van der Waals surface area (Å²) in [5.41, 5.74) is 2.26. The van der Waals surface area contributed by atoms with Crippen LogP contribution in [-0.4, -0.2) is 38.1 Å². The Bertz CT molecular complexity index is 1040. The highest BCUT2D eigenvalue weighted by atomic mass is 35.5. The van der Waals surface area contributed by atoms with E-state index in [-0.39, 0.29) is 11.9 Å². The summed E-state index contributed by atoms with van der Waals surface area (Å²) in [4.78, 5) is 25.4. The molecular formula is C21H22ClFN6O.